The molecule has 0 fully saturated rings. The van der Waals surface area contributed by atoms with Crippen molar-refractivity contribution in [1.29, 1.82) is 0 Å². The molecule has 0 unspecified atom stereocenters. The smallest absolute Gasteiger partial charge is 0.316 e. The highest BCUT2D eigenvalue weighted by Crippen LogP contribution is 1.93. The van der Waals surface area contributed by atoms with Gasteiger partial charge >= 0.3 is 11.8 Å². The van der Waals surface area contributed by atoms with Gasteiger partial charge in [0.1, 0.15) is 0 Å². The van der Waals surface area contributed by atoms with E-state index in [4.69, 9.17) is 0 Å². The van der Waals surface area contributed by atoms with Crippen LogP contribution in [0.4, 0.5) is 5.95 Å². The minimum atomic E-state index is -0.748. The summed E-state index contributed by atoms with van der Waals surface area (Å²) >= 11 is 0. The van der Waals surface area contributed by atoms with Gasteiger partial charge in [0.25, 0.3) is 0 Å². The third kappa shape index (κ3) is 4.04. The third-order valence-electron chi connectivity index (χ3n) is 1.81. The second kappa shape index (κ2) is 6.49. The molecule has 16 heavy (non-hydrogen) atoms. The molecule has 6 nitrogen and oxygen atoms in total. The van der Waals surface area contributed by atoms with Crippen LogP contribution in [0.25, 0.3) is 0 Å². The average molecular weight is 222 g/mol. The summed E-state index contributed by atoms with van der Waals surface area (Å²) in [6, 6.07) is 1.62. The Morgan fingerprint density at radius 1 is 1.25 bits per heavy atom. The van der Waals surface area contributed by atoms with Crippen LogP contribution in [0.5, 0.6) is 0 Å². The molecular formula is C10H14N4O2. The maximum Gasteiger partial charge on any atom is 0.316 e. The van der Waals surface area contributed by atoms with Gasteiger partial charge in [0.2, 0.25) is 5.95 Å². The molecule has 0 atom stereocenters. The summed E-state index contributed by atoms with van der Waals surface area (Å²) in [4.78, 5) is 30.1. The van der Waals surface area contributed by atoms with Crippen molar-refractivity contribution in [3.8, 4) is 0 Å². The molecule has 1 heterocycles. The van der Waals surface area contributed by atoms with Crippen molar-refractivity contribution in [3.63, 3.8) is 0 Å². The number of rotatable bonds is 4. The van der Waals surface area contributed by atoms with Crippen LogP contribution < -0.4 is 10.6 Å². The molecule has 0 aliphatic heterocycles. The number of amides is 2. The largest absolute Gasteiger partial charge is 0.348 e. The lowest BCUT2D eigenvalue weighted by atomic mass is 10.3. The molecule has 86 valence electrons. The van der Waals surface area contributed by atoms with Gasteiger partial charge in [-0.3, -0.25) is 14.9 Å². The molecule has 0 saturated heterocycles. The summed E-state index contributed by atoms with van der Waals surface area (Å²) in [6.45, 7) is 2.50. The average Bonchev–Trinajstić information content (AvgIpc) is 2.30. The maximum absolute atomic E-state index is 11.3. The van der Waals surface area contributed by atoms with Crippen molar-refractivity contribution in [2.45, 2.75) is 19.8 Å². The van der Waals surface area contributed by atoms with Gasteiger partial charge in [-0.05, 0) is 12.5 Å². The first-order valence-corrected chi connectivity index (χ1v) is 5.10. The van der Waals surface area contributed by atoms with Crippen molar-refractivity contribution in [3.05, 3.63) is 18.5 Å². The highest BCUT2D eigenvalue weighted by Gasteiger charge is 2.13. The number of nitrogens with zero attached hydrogens (tertiary/aromatic N) is 2. The Morgan fingerprint density at radius 3 is 2.56 bits per heavy atom. The van der Waals surface area contributed by atoms with Gasteiger partial charge in [-0.15, -0.1) is 0 Å². The van der Waals surface area contributed by atoms with Crippen molar-refractivity contribution >= 4 is 17.8 Å². The minimum Gasteiger partial charge on any atom is -0.348 e. The van der Waals surface area contributed by atoms with Gasteiger partial charge < -0.3 is 5.32 Å². The highest BCUT2D eigenvalue weighted by molar-refractivity contribution is 6.39. The molecule has 0 radical (unpaired) electrons. The SMILES string of the molecule is CCCCNC(=O)C(=O)Nc1ncccn1. The number of carbonyl (C=O) groups is 2. The van der Waals surface area contributed by atoms with E-state index in [0.29, 0.717) is 6.54 Å². The van der Waals surface area contributed by atoms with Crippen LogP contribution in [-0.4, -0.2) is 28.3 Å². The molecule has 0 aliphatic carbocycles. The molecule has 2 N–H and O–H groups in total. The summed E-state index contributed by atoms with van der Waals surface area (Å²) in [5.41, 5.74) is 0. The zero-order valence-electron chi connectivity index (χ0n) is 9.06. The zero-order chi connectivity index (χ0) is 11.8. The topological polar surface area (TPSA) is 84.0 Å². The molecule has 6 heteroatoms. The maximum atomic E-state index is 11.3. The standard InChI is InChI=1S/C10H14N4O2/c1-2-3-5-11-8(15)9(16)14-10-12-6-4-7-13-10/h4,6-7H,2-3,5H2,1H3,(H,11,15)(H,12,13,14,16). The Balaban J connectivity index is 2.38. The Labute approximate surface area is 93.5 Å². The molecular weight excluding hydrogens is 208 g/mol. The van der Waals surface area contributed by atoms with Crippen molar-refractivity contribution in [1.82, 2.24) is 15.3 Å². The number of aromatic nitrogens is 2. The molecule has 2 amide bonds. The first kappa shape index (κ1) is 12.1. The van der Waals surface area contributed by atoms with Crippen LogP contribution >= 0.6 is 0 Å². The first-order chi connectivity index (χ1) is 7.74. The van der Waals surface area contributed by atoms with E-state index < -0.39 is 11.8 Å². The minimum absolute atomic E-state index is 0.123. The van der Waals surface area contributed by atoms with Crippen LogP contribution in [0.1, 0.15) is 19.8 Å². The Bertz CT molecular complexity index is 353. The molecule has 0 aromatic carbocycles. The third-order valence-corrected chi connectivity index (χ3v) is 1.81. The molecule has 1 rings (SSSR count). The second-order valence-electron chi connectivity index (χ2n) is 3.14. The van der Waals surface area contributed by atoms with Crippen LogP contribution in [0.3, 0.4) is 0 Å². The lowest BCUT2D eigenvalue weighted by molar-refractivity contribution is -0.136. The Kier molecular flexibility index (Phi) is 4.91. The van der Waals surface area contributed by atoms with Gasteiger partial charge in [-0.25, -0.2) is 9.97 Å². The summed E-state index contributed by atoms with van der Waals surface area (Å²) in [7, 11) is 0. The van der Waals surface area contributed by atoms with Gasteiger partial charge in [0.15, 0.2) is 0 Å². The lowest BCUT2D eigenvalue weighted by Crippen LogP contribution is -2.36. The normalized spacial score (nSPS) is 9.56. The van der Waals surface area contributed by atoms with E-state index in [9.17, 15) is 9.59 Å². The van der Waals surface area contributed by atoms with E-state index in [1.54, 1.807) is 6.07 Å². The molecule has 0 spiro atoms. The fourth-order valence-corrected chi connectivity index (χ4v) is 0.981. The number of hydrogen-bond donors (Lipinski definition) is 2. The second-order valence-corrected chi connectivity index (χ2v) is 3.14. The molecule has 1 aromatic rings. The van der Waals surface area contributed by atoms with E-state index in [-0.39, 0.29) is 5.95 Å². The van der Waals surface area contributed by atoms with Crippen molar-refractivity contribution < 1.29 is 9.59 Å². The van der Waals surface area contributed by atoms with Crippen LogP contribution in [0.15, 0.2) is 18.5 Å². The van der Waals surface area contributed by atoms with Gasteiger partial charge in [-0.2, -0.15) is 0 Å². The summed E-state index contributed by atoms with van der Waals surface area (Å²) < 4.78 is 0. The van der Waals surface area contributed by atoms with Crippen LogP contribution in [0.2, 0.25) is 0 Å². The first-order valence-electron chi connectivity index (χ1n) is 5.10. The molecule has 0 bridgehead atoms. The Morgan fingerprint density at radius 2 is 1.94 bits per heavy atom. The van der Waals surface area contributed by atoms with Gasteiger partial charge in [0.05, 0.1) is 0 Å². The zero-order valence-corrected chi connectivity index (χ0v) is 9.06. The summed E-state index contributed by atoms with van der Waals surface area (Å²) in [5, 5.41) is 4.79. The number of hydrogen-bond acceptors (Lipinski definition) is 4. The van der Waals surface area contributed by atoms with E-state index in [1.807, 2.05) is 6.92 Å². The lowest BCUT2D eigenvalue weighted by Gasteiger charge is -2.03. The number of unbranched alkanes of at least 4 members (excludes halogenated alkanes) is 1. The van der Waals surface area contributed by atoms with E-state index >= 15 is 0 Å². The van der Waals surface area contributed by atoms with Crippen LogP contribution in [0, 0.1) is 0 Å². The van der Waals surface area contributed by atoms with E-state index in [1.165, 1.54) is 12.4 Å². The molecule has 1 aromatic heterocycles. The van der Waals surface area contributed by atoms with Crippen molar-refractivity contribution in [2.75, 3.05) is 11.9 Å². The van der Waals surface area contributed by atoms with Crippen molar-refractivity contribution in [2.24, 2.45) is 0 Å². The predicted octanol–water partition coefficient (Wildman–Crippen LogP) is 0.331. The molecule has 0 aliphatic rings. The highest BCUT2D eigenvalue weighted by atomic mass is 16.2. The monoisotopic (exact) mass is 222 g/mol. The number of carbonyl (C=O) groups excluding carboxylic acids is 2. The van der Waals surface area contributed by atoms with Gasteiger partial charge in [0, 0.05) is 18.9 Å². The molecule has 0 saturated carbocycles. The predicted molar refractivity (Wildman–Crippen MR) is 58.6 cm³/mol. The fraction of sp³-hybridized carbons (Fsp3) is 0.400. The van der Waals surface area contributed by atoms with Crippen LogP contribution in [-0.2, 0) is 9.59 Å². The number of anilines is 1. The quantitative estimate of drug-likeness (QED) is 0.568. The summed E-state index contributed by atoms with van der Waals surface area (Å²) in [5.74, 6) is -1.29. The van der Waals surface area contributed by atoms with E-state index in [0.717, 1.165) is 12.8 Å². The fourth-order valence-electron chi connectivity index (χ4n) is 0.981. The number of nitrogens with one attached hydrogen (secondary N) is 2. The Hall–Kier alpha value is -1.98. The van der Waals surface area contributed by atoms with Gasteiger partial charge in [-0.1, -0.05) is 13.3 Å². The summed E-state index contributed by atoms with van der Waals surface area (Å²) in [6.07, 6.45) is 4.78. The van der Waals surface area contributed by atoms with E-state index in [2.05, 4.69) is 20.6 Å².